The minimum atomic E-state index is -1.93. The van der Waals surface area contributed by atoms with Gasteiger partial charge in [0.2, 0.25) is 0 Å². The molecule has 0 aliphatic carbocycles. The standard InChI is InChI=1S/C84H74Si2/c1-55(2)85(56(3)4,57(5)6)45-43-67-27-19-35-75-49-73-33-17-25-65(81(73)53-83(67)75)41-39-63-23-15-31-71-47-69-29-13-21-61(77(69)51-79(63)71)37-38-62-22-14-30-70-48-72-32-16-24-64(80(72)52-78(62)70)40-42-66-26-18-34-74-50-76-36-20-28-68(84(76)54-82(66)74)44-46-86(58(7)8,59(9)10)60(11)12/h13-36,47-60H,1-12H3. The lowest BCUT2D eigenvalue weighted by molar-refractivity contribution is 0.838. The van der Waals surface area contributed by atoms with Crippen molar-refractivity contribution in [3.63, 3.8) is 0 Å². The second-order valence-corrected chi connectivity index (χ2v) is 36.8. The van der Waals surface area contributed by atoms with Gasteiger partial charge in [0, 0.05) is 44.5 Å². The molecule has 12 aromatic carbocycles. The van der Waals surface area contributed by atoms with Crippen molar-refractivity contribution < 1.29 is 0 Å². The van der Waals surface area contributed by atoms with Crippen LogP contribution in [0.25, 0.3) is 86.2 Å². The van der Waals surface area contributed by atoms with Crippen LogP contribution in [0.4, 0.5) is 0 Å². The van der Waals surface area contributed by atoms with E-state index in [4.69, 9.17) is 0 Å². The summed E-state index contributed by atoms with van der Waals surface area (Å²) in [7, 11) is -3.85. The number of hydrogen-bond acceptors (Lipinski definition) is 0. The molecule has 0 nitrogen and oxygen atoms in total. The highest BCUT2D eigenvalue weighted by molar-refractivity contribution is 6.91. The van der Waals surface area contributed by atoms with Gasteiger partial charge < -0.3 is 0 Å². The van der Waals surface area contributed by atoms with Crippen molar-refractivity contribution in [3.8, 4) is 58.5 Å². The molecular weight excluding hydrogens is 1070 g/mol. The summed E-state index contributed by atoms with van der Waals surface area (Å²) < 4.78 is 0. The van der Waals surface area contributed by atoms with Crippen molar-refractivity contribution in [3.05, 3.63) is 239 Å². The maximum absolute atomic E-state index is 3.99. The van der Waals surface area contributed by atoms with Gasteiger partial charge in [0.05, 0.1) is 0 Å². The van der Waals surface area contributed by atoms with E-state index in [1.807, 2.05) is 0 Å². The molecule has 0 N–H and O–H groups in total. The lowest BCUT2D eigenvalue weighted by Gasteiger charge is -2.38. The van der Waals surface area contributed by atoms with E-state index < -0.39 is 16.1 Å². The quantitative estimate of drug-likeness (QED) is 0.0884. The summed E-state index contributed by atoms with van der Waals surface area (Å²) in [4.78, 5) is 0. The zero-order valence-corrected chi connectivity index (χ0v) is 53.9. The Morgan fingerprint density at radius 2 is 0.349 bits per heavy atom. The van der Waals surface area contributed by atoms with Gasteiger partial charge in [-0.1, -0.05) is 228 Å². The molecule has 0 aliphatic rings. The molecule has 0 saturated heterocycles. The number of hydrogen-bond donors (Lipinski definition) is 0. The third-order valence-electron chi connectivity index (χ3n) is 19.1. The molecule has 0 fully saturated rings. The average molecular weight is 1140 g/mol. The predicted octanol–water partition coefficient (Wildman–Crippen LogP) is 22.3. The van der Waals surface area contributed by atoms with Crippen molar-refractivity contribution in [1.29, 1.82) is 0 Å². The molecule has 2 heteroatoms. The van der Waals surface area contributed by atoms with Gasteiger partial charge in [0.1, 0.15) is 16.1 Å². The lowest BCUT2D eigenvalue weighted by Crippen LogP contribution is -2.43. The van der Waals surface area contributed by atoms with E-state index in [2.05, 4.69) is 336 Å². The first kappa shape index (κ1) is 57.4. The van der Waals surface area contributed by atoms with Crippen LogP contribution in [0, 0.1) is 58.5 Å². The molecule has 0 bridgehead atoms. The third-order valence-corrected chi connectivity index (χ3v) is 31.7. The summed E-state index contributed by atoms with van der Waals surface area (Å²) in [5.41, 5.74) is 19.5. The average Bonchev–Trinajstić information content (AvgIpc) is 3.34. The van der Waals surface area contributed by atoms with E-state index in [1.165, 1.54) is 32.3 Å². The highest BCUT2D eigenvalue weighted by Crippen LogP contribution is 2.43. The molecule has 12 rings (SSSR count). The maximum atomic E-state index is 3.99. The molecule has 0 aromatic heterocycles. The van der Waals surface area contributed by atoms with Gasteiger partial charge in [-0.2, -0.15) is 0 Å². The summed E-state index contributed by atoms with van der Waals surface area (Å²) in [6, 6.07) is 70.3. The van der Waals surface area contributed by atoms with Gasteiger partial charge in [-0.25, -0.2) is 0 Å². The molecule has 12 aromatic rings. The molecule has 418 valence electrons. The van der Waals surface area contributed by atoms with Crippen molar-refractivity contribution in [2.45, 2.75) is 116 Å². The monoisotopic (exact) mass is 1140 g/mol. The van der Waals surface area contributed by atoms with Crippen LogP contribution in [0.2, 0.25) is 33.2 Å². The lowest BCUT2D eigenvalue weighted by atomic mass is 9.95. The molecule has 86 heavy (non-hydrogen) atoms. The predicted molar refractivity (Wildman–Crippen MR) is 380 cm³/mol. The van der Waals surface area contributed by atoms with Crippen LogP contribution in [0.5, 0.6) is 0 Å². The van der Waals surface area contributed by atoms with Crippen LogP contribution in [0.3, 0.4) is 0 Å². The Kier molecular flexibility index (Phi) is 15.6. The molecule has 0 heterocycles. The van der Waals surface area contributed by atoms with Gasteiger partial charge in [-0.05, 0) is 216 Å². The van der Waals surface area contributed by atoms with Crippen molar-refractivity contribution in [1.82, 2.24) is 0 Å². The fourth-order valence-electron chi connectivity index (χ4n) is 14.7. The molecule has 0 spiro atoms. The first-order valence-corrected chi connectivity index (χ1v) is 35.4. The second kappa shape index (κ2) is 23.4. The van der Waals surface area contributed by atoms with Gasteiger partial charge >= 0.3 is 0 Å². The van der Waals surface area contributed by atoms with Gasteiger partial charge in [-0.15, -0.1) is 11.1 Å². The van der Waals surface area contributed by atoms with E-state index in [1.54, 1.807) is 0 Å². The third kappa shape index (κ3) is 10.5. The summed E-state index contributed by atoms with van der Waals surface area (Å²) in [6.45, 7) is 28.6. The second-order valence-electron chi connectivity index (χ2n) is 25.7. The highest BCUT2D eigenvalue weighted by Gasteiger charge is 2.43. The zero-order chi connectivity index (χ0) is 60.0. The Balaban J connectivity index is 0.894. The van der Waals surface area contributed by atoms with E-state index in [0.717, 1.165) is 98.4 Å². The first-order valence-electron chi connectivity index (χ1n) is 31.0. The molecular formula is C84H74Si2. The highest BCUT2D eigenvalue weighted by atomic mass is 28.3. The molecule has 0 atom stereocenters. The minimum Gasteiger partial charge on any atom is -0.125 e. The summed E-state index contributed by atoms with van der Waals surface area (Å²) in [5, 5.41) is 18.4. The van der Waals surface area contributed by atoms with Crippen LogP contribution in [-0.2, 0) is 0 Å². The van der Waals surface area contributed by atoms with Gasteiger partial charge in [-0.3, -0.25) is 0 Å². The summed E-state index contributed by atoms with van der Waals surface area (Å²) >= 11 is 0. The van der Waals surface area contributed by atoms with Crippen LogP contribution in [0.15, 0.2) is 194 Å². The van der Waals surface area contributed by atoms with Crippen LogP contribution >= 0.6 is 0 Å². The van der Waals surface area contributed by atoms with Crippen molar-refractivity contribution in [2.75, 3.05) is 0 Å². The van der Waals surface area contributed by atoms with E-state index >= 15 is 0 Å². The Bertz CT molecular complexity index is 4700. The van der Waals surface area contributed by atoms with E-state index in [0.29, 0.717) is 33.2 Å². The number of fused-ring (bicyclic) bond motifs is 8. The van der Waals surface area contributed by atoms with E-state index in [-0.39, 0.29) is 0 Å². The van der Waals surface area contributed by atoms with Gasteiger partial charge in [0.25, 0.3) is 0 Å². The fourth-order valence-corrected chi connectivity index (χ4v) is 25.1. The minimum absolute atomic E-state index is 0.567. The number of rotatable bonds is 6. The summed E-state index contributed by atoms with van der Waals surface area (Å²) in [5.74, 6) is 29.5. The normalized spacial score (nSPS) is 11.9. The summed E-state index contributed by atoms with van der Waals surface area (Å²) in [6.07, 6.45) is 0. The topological polar surface area (TPSA) is 0 Å². The Labute approximate surface area is 512 Å². The van der Waals surface area contributed by atoms with Crippen molar-refractivity contribution >= 4 is 102 Å². The van der Waals surface area contributed by atoms with Crippen LogP contribution < -0.4 is 0 Å². The first-order chi connectivity index (χ1) is 41.5. The molecule has 0 amide bonds. The zero-order valence-electron chi connectivity index (χ0n) is 51.9. The Morgan fingerprint density at radius 1 is 0.198 bits per heavy atom. The Morgan fingerprint density at radius 3 is 0.500 bits per heavy atom. The SMILES string of the molecule is CC(C)[Si](C#Cc1cccc2cc3cccc(C#Cc4cccc5cc6cccc(C#Cc7cccc8cc9cccc(C#Cc%10cccc%11cc%12cccc(C#C[Si](C(C)C)(C(C)C)C(C)C)c%12cc%10%11)c9cc78)c6cc45)c3cc12)(C(C)C)C(C)C. The number of benzene rings is 12. The smallest absolute Gasteiger partial charge is 0.125 e. The molecule has 0 unspecified atom stereocenters. The van der Waals surface area contributed by atoms with Crippen molar-refractivity contribution in [2.24, 2.45) is 0 Å². The molecule has 0 aliphatic heterocycles. The fraction of sp³-hybridized carbons (Fsp3) is 0.214. The van der Waals surface area contributed by atoms with Gasteiger partial charge in [0.15, 0.2) is 0 Å². The Hall–Kier alpha value is -9.05. The molecule has 0 saturated carbocycles. The molecule has 0 radical (unpaired) electrons. The maximum Gasteiger partial charge on any atom is 0.146 e. The largest absolute Gasteiger partial charge is 0.146 e. The van der Waals surface area contributed by atoms with E-state index in [9.17, 15) is 0 Å². The van der Waals surface area contributed by atoms with Crippen LogP contribution in [0.1, 0.15) is 128 Å². The van der Waals surface area contributed by atoms with Crippen LogP contribution in [-0.4, -0.2) is 16.1 Å².